The average molecular weight is 227 g/mol. The fourth-order valence-corrected chi connectivity index (χ4v) is 2.76. The lowest BCUT2D eigenvalue weighted by molar-refractivity contribution is 0.0989. The molecule has 1 fully saturated rings. The zero-order valence-electron chi connectivity index (χ0n) is 11.6. The van der Waals surface area contributed by atoms with Crippen LogP contribution in [0.3, 0.4) is 0 Å². The summed E-state index contributed by atoms with van der Waals surface area (Å²) < 4.78 is 0. The van der Waals surface area contributed by atoms with Crippen LogP contribution >= 0.6 is 0 Å². The summed E-state index contributed by atoms with van der Waals surface area (Å²) in [5, 5.41) is 13.3. The maximum absolute atomic E-state index is 9.78. The lowest BCUT2D eigenvalue weighted by Gasteiger charge is -2.40. The minimum atomic E-state index is -0.206. The van der Waals surface area contributed by atoms with Gasteiger partial charge in [-0.2, -0.15) is 0 Å². The third-order valence-corrected chi connectivity index (χ3v) is 4.05. The average Bonchev–Trinajstić information content (AvgIpc) is 2.14. The SMILES string of the molecule is CC(C)C(O)CNC1CCC(C)(C)CC1C. The molecule has 3 atom stereocenters. The van der Waals surface area contributed by atoms with Gasteiger partial charge in [0.15, 0.2) is 0 Å². The highest BCUT2D eigenvalue weighted by atomic mass is 16.3. The van der Waals surface area contributed by atoms with Crippen LogP contribution < -0.4 is 5.32 Å². The lowest BCUT2D eigenvalue weighted by atomic mass is 9.70. The first-order valence-electron chi connectivity index (χ1n) is 6.73. The first kappa shape index (κ1) is 14.0. The summed E-state index contributed by atoms with van der Waals surface area (Å²) in [5.74, 6) is 1.07. The molecule has 1 aliphatic carbocycles. The Bertz CT molecular complexity index is 213. The van der Waals surface area contributed by atoms with Crippen LogP contribution in [0, 0.1) is 17.3 Å². The Morgan fingerprint density at radius 1 is 1.38 bits per heavy atom. The molecule has 1 saturated carbocycles. The van der Waals surface area contributed by atoms with E-state index in [0.29, 0.717) is 17.4 Å². The van der Waals surface area contributed by atoms with Crippen molar-refractivity contribution in [3.05, 3.63) is 0 Å². The monoisotopic (exact) mass is 227 g/mol. The molecule has 2 nitrogen and oxygen atoms in total. The van der Waals surface area contributed by atoms with Gasteiger partial charge in [-0.05, 0) is 36.5 Å². The van der Waals surface area contributed by atoms with E-state index in [1.807, 2.05) is 0 Å². The van der Waals surface area contributed by atoms with Gasteiger partial charge in [-0.25, -0.2) is 0 Å². The van der Waals surface area contributed by atoms with E-state index in [2.05, 4.69) is 39.9 Å². The predicted octanol–water partition coefficient (Wildman–Crippen LogP) is 2.81. The summed E-state index contributed by atoms with van der Waals surface area (Å²) in [6.45, 7) is 11.9. The molecule has 0 aromatic heterocycles. The van der Waals surface area contributed by atoms with E-state index in [1.54, 1.807) is 0 Å². The molecule has 0 aliphatic heterocycles. The molecule has 0 saturated heterocycles. The maximum Gasteiger partial charge on any atom is 0.0687 e. The van der Waals surface area contributed by atoms with Gasteiger partial charge >= 0.3 is 0 Å². The van der Waals surface area contributed by atoms with Gasteiger partial charge < -0.3 is 10.4 Å². The first-order valence-corrected chi connectivity index (χ1v) is 6.73. The molecule has 0 spiro atoms. The minimum Gasteiger partial charge on any atom is -0.392 e. The van der Waals surface area contributed by atoms with Crippen LogP contribution in [0.2, 0.25) is 0 Å². The lowest BCUT2D eigenvalue weighted by Crippen LogP contribution is -2.45. The largest absolute Gasteiger partial charge is 0.392 e. The highest BCUT2D eigenvalue weighted by molar-refractivity contribution is 4.87. The van der Waals surface area contributed by atoms with Gasteiger partial charge in [-0.1, -0.05) is 34.6 Å². The molecule has 0 amide bonds. The van der Waals surface area contributed by atoms with Crippen LogP contribution in [-0.4, -0.2) is 23.8 Å². The van der Waals surface area contributed by atoms with E-state index in [4.69, 9.17) is 0 Å². The number of rotatable bonds is 4. The molecule has 0 heterocycles. The van der Waals surface area contributed by atoms with Crippen molar-refractivity contribution in [2.75, 3.05) is 6.54 Å². The number of nitrogens with one attached hydrogen (secondary N) is 1. The van der Waals surface area contributed by atoms with Crippen LogP contribution in [0.25, 0.3) is 0 Å². The Morgan fingerprint density at radius 2 is 2.00 bits per heavy atom. The van der Waals surface area contributed by atoms with Crippen molar-refractivity contribution in [2.45, 2.75) is 66.0 Å². The molecule has 1 aliphatic rings. The molecule has 1 rings (SSSR count). The van der Waals surface area contributed by atoms with Gasteiger partial charge in [0.25, 0.3) is 0 Å². The van der Waals surface area contributed by atoms with Crippen molar-refractivity contribution in [2.24, 2.45) is 17.3 Å². The molecule has 0 aromatic carbocycles. The van der Waals surface area contributed by atoms with E-state index in [0.717, 1.165) is 12.5 Å². The van der Waals surface area contributed by atoms with Gasteiger partial charge in [0.05, 0.1) is 6.10 Å². The number of aliphatic hydroxyl groups is 1. The summed E-state index contributed by atoms with van der Waals surface area (Å²) in [6.07, 6.45) is 3.64. The Kier molecular flexibility index (Phi) is 4.81. The molecule has 2 heteroatoms. The fraction of sp³-hybridized carbons (Fsp3) is 1.00. The summed E-state index contributed by atoms with van der Waals surface area (Å²) >= 11 is 0. The predicted molar refractivity (Wildman–Crippen MR) is 69.4 cm³/mol. The van der Waals surface area contributed by atoms with Crippen molar-refractivity contribution >= 4 is 0 Å². The highest BCUT2D eigenvalue weighted by Crippen LogP contribution is 2.38. The summed E-state index contributed by atoms with van der Waals surface area (Å²) in [4.78, 5) is 0. The molecule has 0 aromatic rings. The second-order valence-corrected chi connectivity index (χ2v) is 6.71. The van der Waals surface area contributed by atoms with E-state index in [-0.39, 0.29) is 6.10 Å². The third kappa shape index (κ3) is 4.06. The van der Waals surface area contributed by atoms with Crippen LogP contribution in [0.5, 0.6) is 0 Å². The van der Waals surface area contributed by atoms with Crippen molar-refractivity contribution < 1.29 is 5.11 Å². The third-order valence-electron chi connectivity index (χ3n) is 4.05. The Hall–Kier alpha value is -0.0800. The molecular weight excluding hydrogens is 198 g/mol. The standard InChI is InChI=1S/C14H29NO/c1-10(2)13(16)9-15-12-6-7-14(4,5)8-11(12)3/h10-13,15-16H,6-9H2,1-5H3. The second kappa shape index (κ2) is 5.50. The van der Waals surface area contributed by atoms with Gasteiger partial charge in [-0.15, -0.1) is 0 Å². The summed E-state index contributed by atoms with van der Waals surface area (Å²) in [6, 6.07) is 0.599. The van der Waals surface area contributed by atoms with Crippen LogP contribution in [0.15, 0.2) is 0 Å². The number of hydrogen-bond donors (Lipinski definition) is 2. The van der Waals surface area contributed by atoms with E-state index < -0.39 is 0 Å². The van der Waals surface area contributed by atoms with Gasteiger partial charge in [0, 0.05) is 12.6 Å². The van der Waals surface area contributed by atoms with E-state index in [1.165, 1.54) is 19.3 Å². The second-order valence-electron chi connectivity index (χ2n) is 6.71. The van der Waals surface area contributed by atoms with Crippen LogP contribution in [0.4, 0.5) is 0 Å². The zero-order valence-corrected chi connectivity index (χ0v) is 11.6. The fourth-order valence-electron chi connectivity index (χ4n) is 2.76. The van der Waals surface area contributed by atoms with Crippen molar-refractivity contribution in [3.63, 3.8) is 0 Å². The molecule has 0 bridgehead atoms. The van der Waals surface area contributed by atoms with Crippen molar-refractivity contribution in [1.82, 2.24) is 5.32 Å². The topological polar surface area (TPSA) is 32.3 Å². The molecule has 16 heavy (non-hydrogen) atoms. The molecule has 3 unspecified atom stereocenters. The molecule has 2 N–H and O–H groups in total. The van der Waals surface area contributed by atoms with Gasteiger partial charge in [0.2, 0.25) is 0 Å². The Morgan fingerprint density at radius 3 is 2.50 bits per heavy atom. The molecule has 0 radical (unpaired) electrons. The van der Waals surface area contributed by atoms with Gasteiger partial charge in [0.1, 0.15) is 0 Å². The molecular formula is C14H29NO. The molecule has 96 valence electrons. The van der Waals surface area contributed by atoms with Crippen LogP contribution in [-0.2, 0) is 0 Å². The highest BCUT2D eigenvalue weighted by Gasteiger charge is 2.32. The number of hydrogen-bond acceptors (Lipinski definition) is 2. The summed E-state index contributed by atoms with van der Waals surface area (Å²) in [7, 11) is 0. The van der Waals surface area contributed by atoms with Crippen molar-refractivity contribution in [1.29, 1.82) is 0 Å². The smallest absolute Gasteiger partial charge is 0.0687 e. The first-order chi connectivity index (χ1) is 7.32. The quantitative estimate of drug-likeness (QED) is 0.774. The normalized spacial score (nSPS) is 31.7. The van der Waals surface area contributed by atoms with Gasteiger partial charge in [-0.3, -0.25) is 0 Å². The Balaban J connectivity index is 2.34. The van der Waals surface area contributed by atoms with E-state index in [9.17, 15) is 5.11 Å². The Labute approximate surface area is 101 Å². The zero-order chi connectivity index (χ0) is 12.3. The maximum atomic E-state index is 9.78. The van der Waals surface area contributed by atoms with Crippen molar-refractivity contribution in [3.8, 4) is 0 Å². The van der Waals surface area contributed by atoms with E-state index >= 15 is 0 Å². The number of aliphatic hydroxyl groups excluding tert-OH is 1. The summed E-state index contributed by atoms with van der Waals surface area (Å²) in [5.41, 5.74) is 0.508. The van der Waals surface area contributed by atoms with Crippen LogP contribution in [0.1, 0.15) is 53.9 Å². The minimum absolute atomic E-state index is 0.206.